The average molecular weight is 295 g/mol. The zero-order chi connectivity index (χ0) is 14.7. The number of hydrogen-bond acceptors (Lipinski definition) is 2. The molecular weight excluding hydrogens is 282 g/mol. The molecule has 3 nitrogen and oxygen atoms in total. The molecule has 0 saturated heterocycles. The maximum atomic E-state index is 12.1. The average Bonchev–Trinajstić information content (AvgIpc) is 2.54. The Labute approximate surface area is 123 Å². The largest absolute Gasteiger partial charge is 0.282 e. The molecule has 0 saturated carbocycles. The van der Waals surface area contributed by atoms with Gasteiger partial charge < -0.3 is 0 Å². The van der Waals surface area contributed by atoms with Crippen molar-refractivity contribution in [1.82, 2.24) is 0 Å². The predicted octanol–water partition coefficient (Wildman–Crippen LogP) is 3.65. The summed E-state index contributed by atoms with van der Waals surface area (Å²) in [4.78, 5) is 0.196. The topological polar surface area (TPSA) is 46.5 Å². The van der Waals surface area contributed by atoms with Crippen LogP contribution in [-0.2, 0) is 10.0 Å². The first kappa shape index (κ1) is 13.5. The maximum absolute atomic E-state index is 12.1. The van der Waals surface area contributed by atoms with Gasteiger partial charge in [-0.3, -0.25) is 0 Å². The number of sulfonamides is 1. The summed E-state index contributed by atoms with van der Waals surface area (Å²) >= 11 is 0. The van der Waals surface area contributed by atoms with Crippen LogP contribution in [-0.4, -0.2) is 14.6 Å². The number of benzene rings is 3. The Hall–Kier alpha value is -2.46. The van der Waals surface area contributed by atoms with Crippen LogP contribution in [0.3, 0.4) is 0 Å². The van der Waals surface area contributed by atoms with Gasteiger partial charge in [-0.05, 0) is 34.5 Å². The molecule has 104 valence electrons. The summed E-state index contributed by atoms with van der Waals surface area (Å²) in [5.74, 6) is 0. The van der Waals surface area contributed by atoms with Crippen molar-refractivity contribution >= 4 is 27.0 Å². The predicted molar refractivity (Wildman–Crippen MR) is 85.2 cm³/mol. The normalized spacial score (nSPS) is 12.0. The summed E-state index contributed by atoms with van der Waals surface area (Å²) in [5, 5.41) is 2.17. The van der Waals surface area contributed by atoms with Gasteiger partial charge in [-0.2, -0.15) is 12.8 Å². The standard InChI is InChI=1S/C17H13NO2S/c19-21(20,17-8-2-1-3-9-17)18-13-14-10-11-15-6-4-5-7-16(15)12-14/h1-13H/b18-13+. The lowest BCUT2D eigenvalue weighted by atomic mass is 10.1. The molecule has 0 radical (unpaired) electrons. The molecule has 3 aromatic rings. The first-order chi connectivity index (χ1) is 10.1. The molecule has 0 aliphatic carbocycles. The third kappa shape index (κ3) is 3.01. The molecule has 3 aromatic carbocycles. The van der Waals surface area contributed by atoms with Gasteiger partial charge in [0.1, 0.15) is 0 Å². The van der Waals surface area contributed by atoms with Gasteiger partial charge in [-0.15, -0.1) is 0 Å². The van der Waals surface area contributed by atoms with Crippen LogP contribution in [0.25, 0.3) is 10.8 Å². The smallest absolute Gasteiger partial charge is 0.199 e. The molecule has 0 fully saturated rings. The Bertz CT molecular complexity index is 900. The van der Waals surface area contributed by atoms with Crippen LogP contribution in [0.1, 0.15) is 5.56 Å². The van der Waals surface area contributed by atoms with E-state index in [0.717, 1.165) is 16.3 Å². The highest BCUT2D eigenvalue weighted by Gasteiger charge is 2.10. The first-order valence-electron chi connectivity index (χ1n) is 6.49. The van der Waals surface area contributed by atoms with Gasteiger partial charge in [0, 0.05) is 6.21 Å². The van der Waals surface area contributed by atoms with Crippen LogP contribution in [0.15, 0.2) is 82.1 Å². The molecule has 0 aromatic heterocycles. The lowest BCUT2D eigenvalue weighted by Crippen LogP contribution is -1.97. The third-order valence-corrected chi connectivity index (χ3v) is 4.41. The minimum Gasteiger partial charge on any atom is -0.199 e. The van der Waals surface area contributed by atoms with Gasteiger partial charge in [0.25, 0.3) is 10.0 Å². The van der Waals surface area contributed by atoms with E-state index >= 15 is 0 Å². The minimum absolute atomic E-state index is 0.196. The molecule has 4 heteroatoms. The van der Waals surface area contributed by atoms with Gasteiger partial charge in [0.2, 0.25) is 0 Å². The van der Waals surface area contributed by atoms with E-state index in [0.29, 0.717) is 0 Å². The van der Waals surface area contributed by atoms with Crippen molar-refractivity contribution in [2.75, 3.05) is 0 Å². The number of rotatable bonds is 3. The van der Waals surface area contributed by atoms with Gasteiger partial charge in [-0.25, -0.2) is 0 Å². The van der Waals surface area contributed by atoms with E-state index in [4.69, 9.17) is 0 Å². The van der Waals surface area contributed by atoms with Crippen molar-refractivity contribution in [3.63, 3.8) is 0 Å². The van der Waals surface area contributed by atoms with Crippen LogP contribution < -0.4 is 0 Å². The lowest BCUT2D eigenvalue weighted by molar-refractivity contribution is 0.598. The van der Waals surface area contributed by atoms with E-state index in [2.05, 4.69) is 4.40 Å². The van der Waals surface area contributed by atoms with E-state index in [1.807, 2.05) is 42.5 Å². The summed E-state index contributed by atoms with van der Waals surface area (Å²) < 4.78 is 27.9. The molecule has 0 spiro atoms. The highest BCUT2D eigenvalue weighted by atomic mass is 32.2. The van der Waals surface area contributed by atoms with Gasteiger partial charge in [-0.1, -0.05) is 54.6 Å². The van der Waals surface area contributed by atoms with Crippen molar-refractivity contribution in [2.45, 2.75) is 4.90 Å². The fraction of sp³-hybridized carbons (Fsp3) is 0. The molecule has 0 amide bonds. The first-order valence-corrected chi connectivity index (χ1v) is 7.93. The summed E-state index contributed by atoms with van der Waals surface area (Å²) in [7, 11) is -3.64. The SMILES string of the molecule is O=S(=O)(/N=C/c1ccc2ccccc2c1)c1ccccc1. The second kappa shape index (κ2) is 5.50. The summed E-state index contributed by atoms with van der Waals surface area (Å²) in [6, 6.07) is 21.8. The van der Waals surface area contributed by atoms with Crippen molar-refractivity contribution in [1.29, 1.82) is 0 Å². The zero-order valence-electron chi connectivity index (χ0n) is 11.2. The van der Waals surface area contributed by atoms with Crippen LogP contribution in [0, 0.1) is 0 Å². The summed E-state index contributed by atoms with van der Waals surface area (Å²) in [5.41, 5.74) is 0.758. The van der Waals surface area contributed by atoms with Gasteiger partial charge in [0.05, 0.1) is 4.90 Å². The Kier molecular flexibility index (Phi) is 3.54. The minimum atomic E-state index is -3.64. The molecular formula is C17H13NO2S. The molecule has 0 unspecified atom stereocenters. The Morgan fingerprint density at radius 3 is 2.19 bits per heavy atom. The highest BCUT2D eigenvalue weighted by molar-refractivity contribution is 7.90. The van der Waals surface area contributed by atoms with Crippen LogP contribution >= 0.6 is 0 Å². The molecule has 0 N–H and O–H groups in total. The van der Waals surface area contributed by atoms with E-state index < -0.39 is 10.0 Å². The molecule has 0 aliphatic rings. The zero-order valence-corrected chi connectivity index (χ0v) is 12.0. The quantitative estimate of drug-likeness (QED) is 0.692. The fourth-order valence-corrected chi connectivity index (χ4v) is 2.95. The molecule has 0 aliphatic heterocycles. The molecule has 21 heavy (non-hydrogen) atoms. The van der Waals surface area contributed by atoms with Crippen LogP contribution in [0.2, 0.25) is 0 Å². The molecule has 0 atom stereocenters. The van der Waals surface area contributed by atoms with Crippen molar-refractivity contribution in [2.24, 2.45) is 4.40 Å². The summed E-state index contributed by atoms with van der Waals surface area (Å²) in [6.45, 7) is 0. The third-order valence-electron chi connectivity index (χ3n) is 3.16. The van der Waals surface area contributed by atoms with Gasteiger partial charge >= 0.3 is 0 Å². The molecule has 0 heterocycles. The molecule has 3 rings (SSSR count). The Morgan fingerprint density at radius 2 is 1.43 bits per heavy atom. The highest BCUT2D eigenvalue weighted by Crippen LogP contribution is 2.16. The van der Waals surface area contributed by atoms with Crippen molar-refractivity contribution in [3.8, 4) is 0 Å². The Morgan fingerprint density at radius 1 is 0.762 bits per heavy atom. The van der Waals surface area contributed by atoms with Crippen molar-refractivity contribution < 1.29 is 8.42 Å². The number of hydrogen-bond donors (Lipinski definition) is 0. The molecule has 0 bridgehead atoms. The van der Waals surface area contributed by atoms with E-state index in [1.165, 1.54) is 18.3 Å². The Balaban J connectivity index is 1.94. The monoisotopic (exact) mass is 295 g/mol. The second-order valence-electron chi connectivity index (χ2n) is 4.63. The summed E-state index contributed by atoms with van der Waals surface area (Å²) in [6.07, 6.45) is 1.38. The second-order valence-corrected chi connectivity index (χ2v) is 6.26. The van der Waals surface area contributed by atoms with E-state index in [9.17, 15) is 8.42 Å². The van der Waals surface area contributed by atoms with Crippen LogP contribution in [0.5, 0.6) is 0 Å². The number of nitrogens with zero attached hydrogens (tertiary/aromatic N) is 1. The van der Waals surface area contributed by atoms with Gasteiger partial charge in [0.15, 0.2) is 0 Å². The van der Waals surface area contributed by atoms with Crippen LogP contribution in [0.4, 0.5) is 0 Å². The van der Waals surface area contributed by atoms with E-state index in [-0.39, 0.29) is 4.90 Å². The van der Waals surface area contributed by atoms with E-state index in [1.54, 1.807) is 18.2 Å². The lowest BCUT2D eigenvalue weighted by Gasteiger charge is -2.00. The van der Waals surface area contributed by atoms with Crippen molar-refractivity contribution in [3.05, 3.63) is 78.4 Å². The maximum Gasteiger partial charge on any atom is 0.282 e. The number of fused-ring (bicyclic) bond motifs is 1. The fourth-order valence-electron chi connectivity index (χ4n) is 2.07.